The zero-order valence-electron chi connectivity index (χ0n) is 10.3. The van der Waals surface area contributed by atoms with Gasteiger partial charge < -0.3 is 9.84 Å². The zero-order chi connectivity index (χ0) is 16.3. The molecule has 0 radical (unpaired) electrons. The molecule has 1 aromatic rings. The van der Waals surface area contributed by atoms with Gasteiger partial charge >= 0.3 is 18.1 Å². The van der Waals surface area contributed by atoms with Crippen LogP contribution in [0.1, 0.15) is 15.9 Å². The summed E-state index contributed by atoms with van der Waals surface area (Å²) in [6, 6.07) is 4.99. The lowest BCUT2D eigenvalue weighted by Gasteiger charge is -2.22. The summed E-state index contributed by atoms with van der Waals surface area (Å²) in [6.45, 7) is -2.34. The number of hydrogen-bond acceptors (Lipinski definition) is 2. The van der Waals surface area contributed by atoms with Crippen molar-refractivity contribution in [3.63, 3.8) is 0 Å². The number of carboxylic acids is 1. The van der Waals surface area contributed by atoms with Crippen LogP contribution in [0, 0.1) is 0 Å². The molecule has 1 aromatic carbocycles. The molecule has 0 aliphatic carbocycles. The fourth-order valence-corrected chi connectivity index (χ4v) is 1.41. The number of carbonyl (C=O) groups is 1. The molecule has 0 bridgehead atoms. The summed E-state index contributed by atoms with van der Waals surface area (Å²) < 4.78 is 78.3. The maximum atomic E-state index is 12.9. The predicted molar refractivity (Wildman–Crippen MR) is 59.0 cm³/mol. The lowest BCUT2D eigenvalue weighted by molar-refractivity contribution is -0.256. The summed E-state index contributed by atoms with van der Waals surface area (Å²) in [4.78, 5) is 10.7. The van der Waals surface area contributed by atoms with Crippen molar-refractivity contribution in [3.05, 3.63) is 35.4 Å². The van der Waals surface area contributed by atoms with Gasteiger partial charge in [-0.15, -0.1) is 0 Å². The van der Waals surface area contributed by atoms with Crippen molar-refractivity contribution in [1.82, 2.24) is 0 Å². The first-order valence-electron chi connectivity index (χ1n) is 5.52. The van der Waals surface area contributed by atoms with Gasteiger partial charge in [0.05, 0.1) is 12.2 Å². The van der Waals surface area contributed by atoms with E-state index in [0.717, 1.165) is 6.07 Å². The van der Waals surface area contributed by atoms with Crippen molar-refractivity contribution in [2.45, 2.75) is 24.9 Å². The molecule has 0 aromatic heterocycles. The molecule has 1 unspecified atom stereocenters. The van der Waals surface area contributed by atoms with E-state index >= 15 is 0 Å². The van der Waals surface area contributed by atoms with Gasteiger partial charge in [-0.3, -0.25) is 0 Å². The van der Waals surface area contributed by atoms with Crippen LogP contribution in [0.5, 0.6) is 0 Å². The van der Waals surface area contributed by atoms with E-state index in [0.29, 0.717) is 0 Å². The third kappa shape index (κ3) is 4.92. The molecule has 0 fully saturated rings. The summed E-state index contributed by atoms with van der Waals surface area (Å²) >= 11 is 0. The third-order valence-electron chi connectivity index (χ3n) is 2.40. The average molecular weight is 316 g/mol. The molecule has 0 saturated carbocycles. The van der Waals surface area contributed by atoms with E-state index < -0.39 is 37.5 Å². The average Bonchev–Trinajstić information content (AvgIpc) is 2.37. The fourth-order valence-electron chi connectivity index (χ4n) is 1.41. The number of halogens is 6. The summed E-state index contributed by atoms with van der Waals surface area (Å²) in [5.41, 5.74) is 0.0228. The quantitative estimate of drug-likeness (QED) is 0.818. The van der Waals surface area contributed by atoms with Crippen molar-refractivity contribution >= 4 is 5.97 Å². The molecule has 0 amide bonds. The molecular formula is C12H10F6O3. The monoisotopic (exact) mass is 316 g/mol. The van der Waals surface area contributed by atoms with E-state index in [-0.39, 0.29) is 11.1 Å². The van der Waals surface area contributed by atoms with Gasteiger partial charge in [0.25, 0.3) is 6.17 Å². The first kappa shape index (κ1) is 17.3. The minimum Gasteiger partial charge on any atom is -0.478 e. The first-order valence-corrected chi connectivity index (χ1v) is 5.52. The Morgan fingerprint density at radius 3 is 2.38 bits per heavy atom. The van der Waals surface area contributed by atoms with Crippen LogP contribution in [0.15, 0.2) is 24.3 Å². The van der Waals surface area contributed by atoms with Gasteiger partial charge in [0.15, 0.2) is 0 Å². The maximum Gasteiger partial charge on any atom is 0.425 e. The Balaban J connectivity index is 2.61. The predicted octanol–water partition coefficient (Wildman–Crippen LogP) is 3.44. The van der Waals surface area contributed by atoms with Gasteiger partial charge in [-0.1, -0.05) is 12.1 Å². The highest BCUT2D eigenvalue weighted by atomic mass is 19.4. The van der Waals surface area contributed by atoms with Crippen LogP contribution in [0.25, 0.3) is 0 Å². The maximum absolute atomic E-state index is 12.9. The van der Waals surface area contributed by atoms with Crippen LogP contribution in [-0.2, 0) is 11.3 Å². The summed E-state index contributed by atoms with van der Waals surface area (Å²) in [7, 11) is 0. The summed E-state index contributed by atoms with van der Waals surface area (Å²) in [6.07, 6.45) is -10.0. The molecule has 0 heterocycles. The fraction of sp³-hybridized carbons (Fsp3) is 0.417. The molecule has 0 saturated heterocycles. The lowest BCUT2D eigenvalue weighted by Crippen LogP contribution is -2.44. The molecule has 0 spiro atoms. The van der Waals surface area contributed by atoms with Crippen molar-refractivity contribution < 1.29 is 41.0 Å². The molecule has 1 rings (SSSR count). The normalized spacial score (nSPS) is 14.0. The van der Waals surface area contributed by atoms with Crippen LogP contribution in [-0.4, -0.2) is 36.0 Å². The number of alkyl halides is 6. The van der Waals surface area contributed by atoms with E-state index in [9.17, 15) is 31.1 Å². The number of carboxylic acid groups (broad SMARTS) is 1. The van der Waals surface area contributed by atoms with E-state index in [1.807, 2.05) is 0 Å². The van der Waals surface area contributed by atoms with Crippen LogP contribution in [0.4, 0.5) is 26.3 Å². The second kappa shape index (κ2) is 6.33. The second-order valence-corrected chi connectivity index (χ2v) is 4.16. The molecule has 0 aliphatic heterocycles. The van der Waals surface area contributed by atoms with E-state index in [1.54, 1.807) is 0 Å². The number of aromatic carboxylic acids is 1. The molecule has 21 heavy (non-hydrogen) atoms. The van der Waals surface area contributed by atoms with E-state index in [4.69, 9.17) is 5.11 Å². The largest absolute Gasteiger partial charge is 0.478 e. The van der Waals surface area contributed by atoms with Crippen molar-refractivity contribution in [1.29, 1.82) is 0 Å². The van der Waals surface area contributed by atoms with Crippen molar-refractivity contribution in [3.8, 4) is 0 Å². The SMILES string of the molecule is O=C(O)c1cccc(COCC(F)(F)C(F)C(F)(F)F)c1. The highest BCUT2D eigenvalue weighted by molar-refractivity contribution is 5.87. The van der Waals surface area contributed by atoms with Crippen LogP contribution in [0.2, 0.25) is 0 Å². The molecule has 1 atom stereocenters. The van der Waals surface area contributed by atoms with Crippen LogP contribution in [0.3, 0.4) is 0 Å². The van der Waals surface area contributed by atoms with Gasteiger partial charge in [0.1, 0.15) is 6.61 Å². The Labute approximate surface area is 115 Å². The minimum atomic E-state index is -5.68. The van der Waals surface area contributed by atoms with E-state index in [2.05, 4.69) is 4.74 Å². The molecule has 9 heteroatoms. The van der Waals surface area contributed by atoms with E-state index in [1.165, 1.54) is 18.2 Å². The second-order valence-electron chi connectivity index (χ2n) is 4.16. The van der Waals surface area contributed by atoms with Crippen molar-refractivity contribution in [2.24, 2.45) is 0 Å². The third-order valence-corrected chi connectivity index (χ3v) is 2.40. The number of rotatable bonds is 6. The standard InChI is InChI=1S/C12H10F6O3/c13-10(12(16,17)18)11(14,15)6-21-5-7-2-1-3-8(4-7)9(19)20/h1-4,10H,5-6H2,(H,19,20). The van der Waals surface area contributed by atoms with Gasteiger partial charge in [0, 0.05) is 0 Å². The van der Waals surface area contributed by atoms with Gasteiger partial charge in [-0.25, -0.2) is 18.0 Å². The zero-order valence-corrected chi connectivity index (χ0v) is 10.3. The Kier molecular flexibility index (Phi) is 5.21. The first-order chi connectivity index (χ1) is 9.54. The smallest absolute Gasteiger partial charge is 0.425 e. The number of ether oxygens (including phenoxy) is 1. The lowest BCUT2D eigenvalue weighted by atomic mass is 10.1. The number of benzene rings is 1. The summed E-state index contributed by atoms with van der Waals surface area (Å²) in [5.74, 6) is -5.98. The van der Waals surface area contributed by atoms with Gasteiger partial charge in [-0.05, 0) is 17.7 Å². The van der Waals surface area contributed by atoms with Crippen LogP contribution >= 0.6 is 0 Å². The molecule has 3 nitrogen and oxygen atoms in total. The Bertz CT molecular complexity index is 500. The Morgan fingerprint density at radius 2 is 1.86 bits per heavy atom. The topological polar surface area (TPSA) is 46.5 Å². The van der Waals surface area contributed by atoms with Gasteiger partial charge in [-0.2, -0.15) is 13.2 Å². The number of hydrogen-bond donors (Lipinski definition) is 1. The summed E-state index contributed by atoms with van der Waals surface area (Å²) in [5, 5.41) is 8.69. The molecule has 0 aliphatic rings. The molecular weight excluding hydrogens is 306 g/mol. The van der Waals surface area contributed by atoms with Crippen LogP contribution < -0.4 is 0 Å². The van der Waals surface area contributed by atoms with Gasteiger partial charge in [0.2, 0.25) is 0 Å². The Morgan fingerprint density at radius 1 is 1.24 bits per heavy atom. The van der Waals surface area contributed by atoms with Crippen molar-refractivity contribution in [2.75, 3.05) is 6.61 Å². The molecule has 1 N–H and O–H groups in total. The minimum absolute atomic E-state index is 0.137. The molecule has 118 valence electrons. The highest BCUT2D eigenvalue weighted by Crippen LogP contribution is 2.35. The Hall–Kier alpha value is -1.77. The highest BCUT2D eigenvalue weighted by Gasteiger charge is 2.56.